The van der Waals surface area contributed by atoms with Crippen LogP contribution in [0.3, 0.4) is 0 Å². The zero-order valence-electron chi connectivity index (χ0n) is 14.6. The lowest BCUT2D eigenvalue weighted by atomic mass is 10.2. The highest BCUT2D eigenvalue weighted by Gasteiger charge is 2.30. The molecule has 0 N–H and O–H groups in total. The van der Waals surface area contributed by atoms with Crippen molar-refractivity contribution in [2.75, 3.05) is 19.0 Å². The van der Waals surface area contributed by atoms with E-state index in [1.54, 1.807) is 0 Å². The fourth-order valence-electron chi connectivity index (χ4n) is 2.60. The Labute approximate surface area is 156 Å². The van der Waals surface area contributed by atoms with E-state index in [0.29, 0.717) is 0 Å². The largest absolute Gasteiger partial charge is 0.417 e. The van der Waals surface area contributed by atoms with E-state index in [2.05, 4.69) is 9.97 Å². The SMILES string of the molecule is CN(C)c1ccccc1CS(=O)c1nccn1-c1ccc(C(F)(F)F)cn1. The van der Waals surface area contributed by atoms with Gasteiger partial charge in [-0.05, 0) is 23.8 Å². The average molecular weight is 394 g/mol. The predicted octanol–water partition coefficient (Wildman–Crippen LogP) is 3.66. The Kier molecular flexibility index (Phi) is 5.31. The van der Waals surface area contributed by atoms with Crippen LogP contribution in [0.25, 0.3) is 5.82 Å². The van der Waals surface area contributed by atoms with Gasteiger partial charge >= 0.3 is 6.18 Å². The summed E-state index contributed by atoms with van der Waals surface area (Å²) in [6, 6.07) is 9.75. The summed E-state index contributed by atoms with van der Waals surface area (Å²) in [5.74, 6) is 0.455. The average Bonchev–Trinajstić information content (AvgIpc) is 3.11. The molecule has 2 aromatic heterocycles. The molecule has 0 spiro atoms. The lowest BCUT2D eigenvalue weighted by molar-refractivity contribution is -0.137. The van der Waals surface area contributed by atoms with Gasteiger partial charge in [-0.25, -0.2) is 9.97 Å². The quantitative estimate of drug-likeness (QED) is 0.663. The van der Waals surface area contributed by atoms with Crippen LogP contribution in [-0.2, 0) is 22.7 Å². The number of imidazole rings is 1. The normalized spacial score (nSPS) is 12.8. The number of alkyl halides is 3. The summed E-state index contributed by atoms with van der Waals surface area (Å²) in [5.41, 5.74) is 0.987. The molecule has 0 aliphatic rings. The first-order valence-electron chi connectivity index (χ1n) is 7.98. The van der Waals surface area contributed by atoms with Gasteiger partial charge in [0.1, 0.15) is 5.82 Å². The molecule has 9 heteroatoms. The maximum absolute atomic E-state index is 12.9. The van der Waals surface area contributed by atoms with Crippen molar-refractivity contribution in [1.29, 1.82) is 0 Å². The minimum atomic E-state index is -4.46. The first-order valence-corrected chi connectivity index (χ1v) is 9.30. The number of para-hydroxylation sites is 1. The van der Waals surface area contributed by atoms with Gasteiger partial charge in [-0.15, -0.1) is 0 Å². The van der Waals surface area contributed by atoms with Gasteiger partial charge in [-0.3, -0.25) is 8.78 Å². The van der Waals surface area contributed by atoms with Gasteiger partial charge in [0.15, 0.2) is 0 Å². The highest BCUT2D eigenvalue weighted by Crippen LogP contribution is 2.29. The standard InChI is InChI=1S/C18H17F3N4OS/c1-24(2)15-6-4-3-5-13(15)12-27(26)17-22-9-10-25(17)16-8-7-14(11-23-16)18(19,20)21/h3-11H,12H2,1-2H3. The Balaban J connectivity index is 1.88. The van der Waals surface area contributed by atoms with Crippen molar-refractivity contribution in [3.8, 4) is 5.82 Å². The van der Waals surface area contributed by atoms with Crippen LogP contribution in [-0.4, -0.2) is 32.8 Å². The summed E-state index contributed by atoms with van der Waals surface area (Å²) >= 11 is 0. The van der Waals surface area contributed by atoms with E-state index < -0.39 is 22.5 Å². The Bertz CT molecular complexity index is 952. The molecule has 0 aliphatic heterocycles. The Morgan fingerprint density at radius 1 is 1.11 bits per heavy atom. The third kappa shape index (κ3) is 4.19. The summed E-state index contributed by atoms with van der Waals surface area (Å²) in [5, 5.41) is 0.232. The minimum Gasteiger partial charge on any atom is -0.377 e. The van der Waals surface area contributed by atoms with Gasteiger partial charge in [-0.2, -0.15) is 13.2 Å². The highest BCUT2D eigenvalue weighted by molar-refractivity contribution is 7.84. The van der Waals surface area contributed by atoms with Crippen molar-refractivity contribution >= 4 is 16.5 Å². The molecule has 5 nitrogen and oxygen atoms in total. The molecule has 1 unspecified atom stereocenters. The van der Waals surface area contributed by atoms with E-state index in [9.17, 15) is 17.4 Å². The summed E-state index contributed by atoms with van der Waals surface area (Å²) in [6.07, 6.45) is -0.726. The number of nitrogens with zero attached hydrogens (tertiary/aromatic N) is 4. The third-order valence-electron chi connectivity index (χ3n) is 3.89. The van der Waals surface area contributed by atoms with Gasteiger partial charge in [0, 0.05) is 38.4 Å². The first kappa shape index (κ1) is 19.1. The van der Waals surface area contributed by atoms with Crippen molar-refractivity contribution in [2.45, 2.75) is 17.1 Å². The van der Waals surface area contributed by atoms with Crippen LogP contribution in [0.1, 0.15) is 11.1 Å². The summed E-state index contributed by atoms with van der Waals surface area (Å²) in [4.78, 5) is 9.89. The molecule has 0 aliphatic carbocycles. The highest BCUT2D eigenvalue weighted by atomic mass is 32.2. The molecule has 2 heterocycles. The molecule has 142 valence electrons. The molecule has 1 aromatic carbocycles. The second-order valence-corrected chi connectivity index (χ2v) is 7.34. The molecule has 0 radical (unpaired) electrons. The maximum Gasteiger partial charge on any atom is 0.417 e. The van der Waals surface area contributed by atoms with E-state index in [1.165, 1.54) is 23.0 Å². The number of benzene rings is 1. The third-order valence-corrected chi connectivity index (χ3v) is 5.18. The second-order valence-electron chi connectivity index (χ2n) is 6.00. The van der Waals surface area contributed by atoms with E-state index in [0.717, 1.165) is 23.5 Å². The molecular formula is C18H17F3N4OS. The van der Waals surface area contributed by atoms with Crippen molar-refractivity contribution in [3.63, 3.8) is 0 Å². The van der Waals surface area contributed by atoms with Crippen LogP contribution in [0.15, 0.2) is 60.1 Å². The van der Waals surface area contributed by atoms with Crippen LogP contribution in [0, 0.1) is 0 Å². The van der Waals surface area contributed by atoms with Gasteiger partial charge in [-0.1, -0.05) is 18.2 Å². The number of anilines is 1. The summed E-state index contributed by atoms with van der Waals surface area (Å²) < 4.78 is 52.4. The lowest BCUT2D eigenvalue weighted by Gasteiger charge is -2.17. The first-order chi connectivity index (χ1) is 12.8. The van der Waals surface area contributed by atoms with Crippen molar-refractivity contribution < 1.29 is 17.4 Å². The molecule has 3 aromatic rings. The van der Waals surface area contributed by atoms with Crippen LogP contribution in [0.5, 0.6) is 0 Å². The number of halogens is 3. The number of pyridine rings is 1. The lowest BCUT2D eigenvalue weighted by Crippen LogP contribution is -2.13. The fourth-order valence-corrected chi connectivity index (χ4v) is 3.81. The Hall–Kier alpha value is -2.68. The second kappa shape index (κ2) is 7.51. The summed E-state index contributed by atoms with van der Waals surface area (Å²) in [7, 11) is 2.29. The van der Waals surface area contributed by atoms with Crippen LogP contribution < -0.4 is 4.90 Å². The van der Waals surface area contributed by atoms with Gasteiger partial charge in [0.25, 0.3) is 0 Å². The maximum atomic E-state index is 12.9. The predicted molar refractivity (Wildman–Crippen MR) is 97.2 cm³/mol. The molecule has 27 heavy (non-hydrogen) atoms. The zero-order valence-corrected chi connectivity index (χ0v) is 15.5. The minimum absolute atomic E-state index is 0.227. The van der Waals surface area contributed by atoms with Crippen LogP contribution >= 0.6 is 0 Å². The monoisotopic (exact) mass is 394 g/mol. The Morgan fingerprint density at radius 2 is 1.85 bits per heavy atom. The molecule has 0 amide bonds. The van der Waals surface area contributed by atoms with Crippen molar-refractivity contribution in [3.05, 3.63) is 66.1 Å². The molecule has 1 atom stereocenters. The molecule has 0 bridgehead atoms. The number of aromatic nitrogens is 3. The van der Waals surface area contributed by atoms with Crippen molar-refractivity contribution in [2.24, 2.45) is 0 Å². The number of rotatable bonds is 5. The topological polar surface area (TPSA) is 51.0 Å². The smallest absolute Gasteiger partial charge is 0.377 e. The molecule has 0 saturated heterocycles. The Morgan fingerprint density at radius 3 is 2.48 bits per heavy atom. The molecule has 3 rings (SSSR count). The molecule has 0 fully saturated rings. The fraction of sp³-hybridized carbons (Fsp3) is 0.222. The number of hydrogen-bond donors (Lipinski definition) is 0. The van der Waals surface area contributed by atoms with E-state index >= 15 is 0 Å². The van der Waals surface area contributed by atoms with E-state index in [1.807, 2.05) is 43.3 Å². The van der Waals surface area contributed by atoms with Crippen molar-refractivity contribution in [1.82, 2.24) is 14.5 Å². The van der Waals surface area contributed by atoms with Gasteiger partial charge < -0.3 is 4.90 Å². The number of hydrogen-bond acceptors (Lipinski definition) is 4. The van der Waals surface area contributed by atoms with E-state index in [4.69, 9.17) is 0 Å². The molecular weight excluding hydrogens is 377 g/mol. The van der Waals surface area contributed by atoms with E-state index in [-0.39, 0.29) is 16.7 Å². The zero-order chi connectivity index (χ0) is 19.6. The van der Waals surface area contributed by atoms with Gasteiger partial charge in [0.05, 0.1) is 22.1 Å². The van der Waals surface area contributed by atoms with Crippen LogP contribution in [0.2, 0.25) is 0 Å². The van der Waals surface area contributed by atoms with Crippen LogP contribution in [0.4, 0.5) is 18.9 Å². The van der Waals surface area contributed by atoms with Gasteiger partial charge in [0.2, 0.25) is 5.16 Å². The summed E-state index contributed by atoms with van der Waals surface area (Å²) in [6.45, 7) is 0. The molecule has 0 saturated carbocycles.